The second-order valence-corrected chi connectivity index (χ2v) is 4.60. The fraction of sp³-hybridized carbons (Fsp3) is 0.188. The van der Waals surface area contributed by atoms with Gasteiger partial charge in [-0.05, 0) is 29.8 Å². The number of hydrogen-bond acceptors (Lipinski definition) is 2. The van der Waals surface area contributed by atoms with Crippen LogP contribution in [0.15, 0.2) is 48.5 Å². The van der Waals surface area contributed by atoms with Gasteiger partial charge in [0.15, 0.2) is 18.2 Å². The van der Waals surface area contributed by atoms with Crippen LogP contribution in [0.25, 0.3) is 0 Å². The van der Waals surface area contributed by atoms with Gasteiger partial charge in [0.1, 0.15) is 5.82 Å². The predicted octanol–water partition coefficient (Wildman–Crippen LogP) is 3.00. The molecule has 21 heavy (non-hydrogen) atoms. The molecule has 0 N–H and O–H groups in total. The third kappa shape index (κ3) is 4.27. The first-order valence-electron chi connectivity index (χ1n) is 6.42. The van der Waals surface area contributed by atoms with Crippen LogP contribution in [0.3, 0.4) is 0 Å². The van der Waals surface area contributed by atoms with Crippen LogP contribution in [-0.4, -0.2) is 24.5 Å². The van der Waals surface area contributed by atoms with Gasteiger partial charge in [0.05, 0.1) is 0 Å². The van der Waals surface area contributed by atoms with E-state index >= 15 is 0 Å². The maximum absolute atomic E-state index is 13.3. The molecule has 0 atom stereocenters. The highest BCUT2D eigenvalue weighted by Gasteiger charge is 2.11. The Morgan fingerprint density at radius 1 is 1.10 bits per heavy atom. The zero-order chi connectivity index (χ0) is 15.2. The second-order valence-electron chi connectivity index (χ2n) is 4.60. The zero-order valence-corrected chi connectivity index (χ0v) is 11.6. The molecular weight excluding hydrogens is 276 g/mol. The van der Waals surface area contributed by atoms with Crippen molar-refractivity contribution in [3.05, 3.63) is 65.7 Å². The first-order chi connectivity index (χ1) is 10.1. The topological polar surface area (TPSA) is 29.5 Å². The fourth-order valence-electron chi connectivity index (χ4n) is 1.76. The van der Waals surface area contributed by atoms with E-state index in [0.717, 1.165) is 5.56 Å². The first kappa shape index (κ1) is 15.0. The monoisotopic (exact) mass is 291 g/mol. The summed E-state index contributed by atoms with van der Waals surface area (Å²) in [6.45, 7) is 0.0817. The molecule has 0 spiro atoms. The Morgan fingerprint density at radius 3 is 2.43 bits per heavy atom. The van der Waals surface area contributed by atoms with Crippen molar-refractivity contribution in [3.8, 4) is 5.75 Å². The van der Waals surface area contributed by atoms with Gasteiger partial charge in [0, 0.05) is 13.6 Å². The minimum Gasteiger partial charge on any atom is -0.481 e. The summed E-state index contributed by atoms with van der Waals surface area (Å²) in [5, 5.41) is 0. The number of halogens is 2. The van der Waals surface area contributed by atoms with Gasteiger partial charge < -0.3 is 9.64 Å². The Hall–Kier alpha value is -2.43. The zero-order valence-electron chi connectivity index (χ0n) is 11.6. The Bertz CT molecular complexity index is 614. The number of amides is 1. The van der Waals surface area contributed by atoms with Crippen LogP contribution in [0, 0.1) is 11.6 Å². The molecule has 0 saturated heterocycles. The van der Waals surface area contributed by atoms with Crippen LogP contribution < -0.4 is 4.74 Å². The Labute approximate surface area is 121 Å². The quantitative estimate of drug-likeness (QED) is 0.847. The lowest BCUT2D eigenvalue weighted by atomic mass is 10.2. The molecule has 0 bridgehead atoms. The summed E-state index contributed by atoms with van der Waals surface area (Å²) in [7, 11) is 1.61. The number of carbonyl (C=O) groups excluding carboxylic acids is 1. The van der Waals surface area contributed by atoms with E-state index in [9.17, 15) is 13.6 Å². The van der Waals surface area contributed by atoms with Crippen molar-refractivity contribution in [2.75, 3.05) is 13.7 Å². The highest BCUT2D eigenvalue weighted by Crippen LogP contribution is 2.15. The molecule has 0 unspecified atom stereocenters. The van der Waals surface area contributed by atoms with Crippen molar-refractivity contribution in [1.29, 1.82) is 0 Å². The Kier molecular flexibility index (Phi) is 4.87. The van der Waals surface area contributed by atoms with Gasteiger partial charge in [0.2, 0.25) is 0 Å². The molecule has 0 aliphatic heterocycles. The molecule has 3 nitrogen and oxygen atoms in total. The Morgan fingerprint density at radius 2 is 1.76 bits per heavy atom. The number of ether oxygens (including phenoxy) is 1. The minimum atomic E-state index is -0.508. The van der Waals surface area contributed by atoms with E-state index in [1.807, 2.05) is 0 Å². The van der Waals surface area contributed by atoms with Gasteiger partial charge in [-0.1, -0.05) is 24.3 Å². The number of para-hydroxylation sites is 1. The normalized spacial score (nSPS) is 10.2. The summed E-state index contributed by atoms with van der Waals surface area (Å²) in [5.74, 6) is -1.08. The fourth-order valence-corrected chi connectivity index (χ4v) is 1.76. The van der Waals surface area contributed by atoms with Gasteiger partial charge in [-0.3, -0.25) is 4.79 Å². The van der Waals surface area contributed by atoms with Crippen molar-refractivity contribution >= 4 is 5.91 Å². The van der Waals surface area contributed by atoms with E-state index in [1.54, 1.807) is 31.3 Å². The molecular formula is C16H15F2NO2. The molecule has 0 radical (unpaired) electrons. The summed E-state index contributed by atoms with van der Waals surface area (Å²) in [4.78, 5) is 13.3. The molecule has 5 heteroatoms. The summed E-state index contributed by atoms with van der Waals surface area (Å²) >= 11 is 0. The number of nitrogens with zero attached hydrogens (tertiary/aromatic N) is 1. The second kappa shape index (κ2) is 6.83. The van der Waals surface area contributed by atoms with E-state index in [2.05, 4.69) is 0 Å². The van der Waals surface area contributed by atoms with Gasteiger partial charge in [-0.2, -0.15) is 0 Å². The van der Waals surface area contributed by atoms with Crippen molar-refractivity contribution in [2.45, 2.75) is 6.54 Å². The van der Waals surface area contributed by atoms with Crippen molar-refractivity contribution < 1.29 is 18.3 Å². The van der Waals surface area contributed by atoms with E-state index in [4.69, 9.17) is 4.74 Å². The number of carbonyl (C=O) groups is 1. The van der Waals surface area contributed by atoms with E-state index in [-0.39, 0.29) is 24.1 Å². The van der Waals surface area contributed by atoms with E-state index in [0.29, 0.717) is 6.54 Å². The molecule has 2 aromatic carbocycles. The largest absolute Gasteiger partial charge is 0.481 e. The summed E-state index contributed by atoms with van der Waals surface area (Å²) in [5.41, 5.74) is 0.804. The number of rotatable bonds is 5. The van der Waals surface area contributed by atoms with Gasteiger partial charge in [-0.15, -0.1) is 0 Å². The lowest BCUT2D eigenvalue weighted by Gasteiger charge is -2.17. The number of benzene rings is 2. The highest BCUT2D eigenvalue weighted by atomic mass is 19.1. The van der Waals surface area contributed by atoms with Crippen molar-refractivity contribution in [1.82, 2.24) is 4.90 Å². The van der Waals surface area contributed by atoms with Crippen molar-refractivity contribution in [2.24, 2.45) is 0 Å². The van der Waals surface area contributed by atoms with Crippen LogP contribution in [0.4, 0.5) is 8.78 Å². The highest BCUT2D eigenvalue weighted by molar-refractivity contribution is 5.77. The lowest BCUT2D eigenvalue weighted by Crippen LogP contribution is -2.31. The summed E-state index contributed by atoms with van der Waals surface area (Å²) in [6, 6.07) is 11.8. The van der Waals surface area contributed by atoms with Crippen LogP contribution >= 0.6 is 0 Å². The predicted molar refractivity (Wildman–Crippen MR) is 74.8 cm³/mol. The smallest absolute Gasteiger partial charge is 0.260 e. The van der Waals surface area contributed by atoms with E-state index < -0.39 is 5.82 Å². The number of likely N-dealkylation sites (N-methyl/N-ethyl adjacent to an activating group) is 1. The lowest BCUT2D eigenvalue weighted by molar-refractivity contribution is -0.132. The third-order valence-corrected chi connectivity index (χ3v) is 2.95. The van der Waals surface area contributed by atoms with Gasteiger partial charge in [-0.25, -0.2) is 8.78 Å². The third-order valence-electron chi connectivity index (χ3n) is 2.95. The molecule has 0 heterocycles. The first-order valence-corrected chi connectivity index (χ1v) is 6.42. The standard InChI is InChI=1S/C16H15F2NO2/c1-19(10-12-6-8-13(17)9-7-12)16(20)11-21-15-5-3-2-4-14(15)18/h2-9H,10-11H2,1H3. The van der Waals surface area contributed by atoms with Crippen LogP contribution in [0.5, 0.6) is 5.75 Å². The summed E-state index contributed by atoms with van der Waals surface area (Å²) in [6.07, 6.45) is 0. The molecule has 0 aliphatic rings. The molecule has 2 rings (SSSR count). The minimum absolute atomic E-state index is 0.0426. The van der Waals surface area contributed by atoms with E-state index in [1.165, 1.54) is 29.2 Å². The van der Waals surface area contributed by atoms with Crippen LogP contribution in [-0.2, 0) is 11.3 Å². The van der Waals surface area contributed by atoms with Gasteiger partial charge >= 0.3 is 0 Å². The maximum Gasteiger partial charge on any atom is 0.260 e. The molecule has 0 saturated carbocycles. The molecule has 2 aromatic rings. The number of hydrogen-bond donors (Lipinski definition) is 0. The van der Waals surface area contributed by atoms with Crippen LogP contribution in [0.2, 0.25) is 0 Å². The maximum atomic E-state index is 13.3. The summed E-state index contributed by atoms with van der Waals surface area (Å²) < 4.78 is 31.3. The molecule has 0 aromatic heterocycles. The SMILES string of the molecule is CN(Cc1ccc(F)cc1)C(=O)COc1ccccc1F. The molecule has 110 valence electrons. The van der Waals surface area contributed by atoms with Crippen molar-refractivity contribution in [3.63, 3.8) is 0 Å². The molecule has 0 fully saturated rings. The average molecular weight is 291 g/mol. The Balaban J connectivity index is 1.88. The van der Waals surface area contributed by atoms with Gasteiger partial charge in [0.25, 0.3) is 5.91 Å². The molecule has 0 aliphatic carbocycles. The molecule has 1 amide bonds. The average Bonchev–Trinajstić information content (AvgIpc) is 2.48. The van der Waals surface area contributed by atoms with Crippen LogP contribution in [0.1, 0.15) is 5.56 Å².